The van der Waals surface area contributed by atoms with Gasteiger partial charge in [-0.25, -0.2) is 0 Å². The van der Waals surface area contributed by atoms with Gasteiger partial charge in [0.25, 0.3) is 0 Å². The minimum atomic E-state index is -0.162. The van der Waals surface area contributed by atoms with Crippen molar-refractivity contribution in [3.8, 4) is 11.5 Å². The number of nitrogens with zero attached hydrogens (tertiary/aromatic N) is 2. The van der Waals surface area contributed by atoms with E-state index >= 15 is 0 Å². The van der Waals surface area contributed by atoms with E-state index in [2.05, 4.69) is 15.1 Å². The molecule has 1 saturated heterocycles. The lowest BCUT2D eigenvalue weighted by molar-refractivity contribution is -0.126. The van der Waals surface area contributed by atoms with Crippen molar-refractivity contribution in [3.63, 3.8) is 0 Å². The van der Waals surface area contributed by atoms with Gasteiger partial charge in [0.05, 0.1) is 13.2 Å². The van der Waals surface area contributed by atoms with Gasteiger partial charge in [-0.05, 0) is 48.9 Å². The molecule has 27 heavy (non-hydrogen) atoms. The maximum Gasteiger partial charge on any atom is 0.237 e. The summed E-state index contributed by atoms with van der Waals surface area (Å²) in [5.41, 5.74) is 2.15. The molecule has 144 valence electrons. The van der Waals surface area contributed by atoms with Crippen LogP contribution in [0.1, 0.15) is 12.5 Å². The van der Waals surface area contributed by atoms with Gasteiger partial charge >= 0.3 is 0 Å². The second-order valence-electron chi connectivity index (χ2n) is 6.78. The third-order valence-electron chi connectivity index (χ3n) is 5.08. The molecule has 0 radical (unpaired) electrons. The van der Waals surface area contributed by atoms with Crippen LogP contribution >= 0.6 is 0 Å². The van der Waals surface area contributed by atoms with E-state index in [4.69, 9.17) is 4.74 Å². The van der Waals surface area contributed by atoms with Crippen molar-refractivity contribution in [1.29, 1.82) is 0 Å². The maximum absolute atomic E-state index is 12.5. The van der Waals surface area contributed by atoms with E-state index < -0.39 is 0 Å². The number of amides is 1. The third kappa shape index (κ3) is 4.92. The predicted octanol–water partition coefficient (Wildman–Crippen LogP) is 2.23. The summed E-state index contributed by atoms with van der Waals surface area (Å²) in [5, 5.41) is 12.4. The summed E-state index contributed by atoms with van der Waals surface area (Å²) in [5.74, 6) is 1.13. The lowest BCUT2D eigenvalue weighted by Gasteiger charge is -2.38. The molecule has 6 heteroatoms. The van der Waals surface area contributed by atoms with Crippen molar-refractivity contribution in [1.82, 2.24) is 10.2 Å². The van der Waals surface area contributed by atoms with Gasteiger partial charge in [0, 0.05) is 38.4 Å². The van der Waals surface area contributed by atoms with Crippen molar-refractivity contribution in [2.45, 2.75) is 19.5 Å². The number of phenolic OH excluding ortho intramolecular Hbond substituents is 1. The van der Waals surface area contributed by atoms with Crippen LogP contribution in [0.4, 0.5) is 5.69 Å². The molecule has 0 bridgehead atoms. The van der Waals surface area contributed by atoms with Crippen LogP contribution < -0.4 is 15.0 Å². The number of carbonyl (C=O) groups is 1. The first kappa shape index (κ1) is 19.0. The number of rotatable bonds is 6. The van der Waals surface area contributed by atoms with Crippen LogP contribution in [0.2, 0.25) is 0 Å². The maximum atomic E-state index is 12.5. The smallest absolute Gasteiger partial charge is 0.237 e. The molecule has 2 N–H and O–H groups in total. The van der Waals surface area contributed by atoms with Crippen LogP contribution in [0, 0.1) is 0 Å². The van der Waals surface area contributed by atoms with Crippen molar-refractivity contribution >= 4 is 11.6 Å². The molecule has 2 aromatic rings. The molecule has 1 amide bonds. The van der Waals surface area contributed by atoms with E-state index in [1.807, 2.05) is 43.3 Å². The van der Waals surface area contributed by atoms with Crippen LogP contribution in [0.25, 0.3) is 0 Å². The standard InChI is InChI=1S/C21H27N3O3/c1-16(21(26)22-15-17-3-9-20(27-2)10-4-17)23-11-13-24(14-12-23)18-5-7-19(25)8-6-18/h3-10,16,25H,11-15H2,1-2H3,(H,22,26)/t16-/m0/s1. The van der Waals surface area contributed by atoms with Gasteiger partial charge < -0.3 is 20.1 Å². The molecule has 3 rings (SSSR count). The van der Waals surface area contributed by atoms with Crippen LogP contribution in [0.3, 0.4) is 0 Å². The van der Waals surface area contributed by atoms with E-state index in [9.17, 15) is 9.90 Å². The first-order valence-electron chi connectivity index (χ1n) is 9.25. The molecule has 1 aliphatic heterocycles. The number of aromatic hydroxyl groups is 1. The molecule has 1 atom stereocenters. The highest BCUT2D eigenvalue weighted by Crippen LogP contribution is 2.20. The second-order valence-corrected chi connectivity index (χ2v) is 6.78. The first-order chi connectivity index (χ1) is 13.1. The Morgan fingerprint density at radius 2 is 1.70 bits per heavy atom. The zero-order chi connectivity index (χ0) is 19.2. The second kappa shape index (κ2) is 8.77. The Balaban J connectivity index is 1.47. The van der Waals surface area contributed by atoms with Gasteiger partial charge in [0.2, 0.25) is 5.91 Å². The number of ether oxygens (including phenoxy) is 1. The number of phenols is 1. The molecule has 1 aliphatic rings. The number of piperazine rings is 1. The lowest BCUT2D eigenvalue weighted by atomic mass is 10.1. The zero-order valence-corrected chi connectivity index (χ0v) is 15.9. The third-order valence-corrected chi connectivity index (χ3v) is 5.08. The SMILES string of the molecule is COc1ccc(CNC(=O)[C@H](C)N2CCN(c3ccc(O)cc3)CC2)cc1. The topological polar surface area (TPSA) is 65.0 Å². The van der Waals surface area contributed by atoms with Crippen LogP contribution in [0.5, 0.6) is 11.5 Å². The van der Waals surface area contributed by atoms with Crippen molar-refractivity contribution in [3.05, 3.63) is 54.1 Å². The van der Waals surface area contributed by atoms with E-state index in [0.717, 1.165) is 43.2 Å². The lowest BCUT2D eigenvalue weighted by Crippen LogP contribution is -2.53. The summed E-state index contributed by atoms with van der Waals surface area (Å²) in [6, 6.07) is 14.8. The average Bonchev–Trinajstić information content (AvgIpc) is 2.72. The quantitative estimate of drug-likeness (QED) is 0.818. The Morgan fingerprint density at radius 3 is 2.30 bits per heavy atom. The fraction of sp³-hybridized carbons (Fsp3) is 0.381. The summed E-state index contributed by atoms with van der Waals surface area (Å²) < 4.78 is 5.15. The summed E-state index contributed by atoms with van der Waals surface area (Å²) in [6.45, 7) is 5.86. The summed E-state index contributed by atoms with van der Waals surface area (Å²) >= 11 is 0. The van der Waals surface area contributed by atoms with Crippen molar-refractivity contribution in [2.24, 2.45) is 0 Å². The highest BCUT2D eigenvalue weighted by molar-refractivity contribution is 5.81. The molecule has 2 aromatic carbocycles. The molecular weight excluding hydrogens is 342 g/mol. The van der Waals surface area contributed by atoms with Gasteiger partial charge in [-0.3, -0.25) is 9.69 Å². The fourth-order valence-electron chi connectivity index (χ4n) is 3.28. The van der Waals surface area contributed by atoms with E-state index in [0.29, 0.717) is 6.54 Å². The van der Waals surface area contributed by atoms with Crippen LogP contribution in [-0.2, 0) is 11.3 Å². The molecular formula is C21H27N3O3. The minimum absolute atomic E-state index is 0.0453. The largest absolute Gasteiger partial charge is 0.508 e. The van der Waals surface area contributed by atoms with Crippen molar-refractivity contribution in [2.75, 3.05) is 38.2 Å². The van der Waals surface area contributed by atoms with E-state index in [1.54, 1.807) is 19.2 Å². The molecule has 0 saturated carbocycles. The Kier molecular flexibility index (Phi) is 6.19. The highest BCUT2D eigenvalue weighted by atomic mass is 16.5. The van der Waals surface area contributed by atoms with Gasteiger partial charge in [-0.15, -0.1) is 0 Å². The number of hydrogen-bond donors (Lipinski definition) is 2. The van der Waals surface area contributed by atoms with Gasteiger partial charge in [-0.1, -0.05) is 12.1 Å². The number of hydrogen-bond acceptors (Lipinski definition) is 5. The molecule has 0 aliphatic carbocycles. The Hall–Kier alpha value is -2.73. The Morgan fingerprint density at radius 1 is 1.07 bits per heavy atom. The van der Waals surface area contributed by atoms with Crippen molar-refractivity contribution < 1.29 is 14.6 Å². The van der Waals surface area contributed by atoms with Crippen LogP contribution in [-0.4, -0.2) is 55.2 Å². The highest BCUT2D eigenvalue weighted by Gasteiger charge is 2.25. The zero-order valence-electron chi connectivity index (χ0n) is 15.9. The fourth-order valence-corrected chi connectivity index (χ4v) is 3.28. The van der Waals surface area contributed by atoms with E-state index in [-0.39, 0.29) is 17.7 Å². The summed E-state index contributed by atoms with van der Waals surface area (Å²) in [4.78, 5) is 17.0. The minimum Gasteiger partial charge on any atom is -0.508 e. The Labute approximate surface area is 160 Å². The number of anilines is 1. The first-order valence-corrected chi connectivity index (χ1v) is 9.25. The summed E-state index contributed by atoms with van der Waals surface area (Å²) in [7, 11) is 1.64. The molecule has 6 nitrogen and oxygen atoms in total. The van der Waals surface area contributed by atoms with Crippen LogP contribution in [0.15, 0.2) is 48.5 Å². The Bertz CT molecular complexity index is 738. The monoisotopic (exact) mass is 369 g/mol. The molecule has 1 heterocycles. The number of methoxy groups -OCH3 is 1. The van der Waals surface area contributed by atoms with Gasteiger partial charge in [0.15, 0.2) is 0 Å². The molecule has 1 fully saturated rings. The normalized spacial score (nSPS) is 16.0. The summed E-state index contributed by atoms with van der Waals surface area (Å²) in [6.07, 6.45) is 0. The van der Waals surface area contributed by atoms with Gasteiger partial charge in [-0.2, -0.15) is 0 Å². The number of carbonyl (C=O) groups excluding carboxylic acids is 1. The number of nitrogens with one attached hydrogen (secondary N) is 1. The predicted molar refractivity (Wildman–Crippen MR) is 106 cm³/mol. The number of benzene rings is 2. The molecule has 0 spiro atoms. The molecule has 0 aromatic heterocycles. The average molecular weight is 369 g/mol. The van der Waals surface area contributed by atoms with Gasteiger partial charge in [0.1, 0.15) is 11.5 Å². The molecule has 0 unspecified atom stereocenters. The van der Waals surface area contributed by atoms with E-state index in [1.165, 1.54) is 0 Å².